The number of rotatable bonds is 3. The van der Waals surface area contributed by atoms with E-state index in [4.69, 9.17) is 0 Å². The van der Waals surface area contributed by atoms with Crippen LogP contribution in [0.3, 0.4) is 0 Å². The normalized spacial score (nSPS) is 24.7. The van der Waals surface area contributed by atoms with Crippen molar-refractivity contribution in [3.63, 3.8) is 0 Å². The smallest absolute Gasteiger partial charge is 0.372 e. The predicted octanol–water partition coefficient (Wildman–Crippen LogP) is 1.56. The molecule has 2 nitrogen and oxygen atoms in total. The first-order valence-electron chi connectivity index (χ1n) is 4.43. The van der Waals surface area contributed by atoms with Gasteiger partial charge in [-0.2, -0.15) is 13.2 Å². The minimum atomic E-state index is -4.19. The first-order valence-corrected chi connectivity index (χ1v) is 4.43. The van der Waals surface area contributed by atoms with E-state index in [1.807, 2.05) is 0 Å². The van der Waals surface area contributed by atoms with Gasteiger partial charge in [0.1, 0.15) is 6.61 Å². The average Bonchev–Trinajstić information content (AvgIpc) is 2.04. The molecule has 0 saturated carbocycles. The summed E-state index contributed by atoms with van der Waals surface area (Å²) in [7, 11) is 0. The van der Waals surface area contributed by atoms with Gasteiger partial charge in [-0.05, 0) is 25.3 Å². The monoisotopic (exact) mass is 197 g/mol. The van der Waals surface area contributed by atoms with E-state index in [2.05, 4.69) is 10.1 Å². The molecule has 1 N–H and O–H groups in total. The third-order valence-electron chi connectivity index (χ3n) is 2.02. The van der Waals surface area contributed by atoms with Crippen LogP contribution in [0.15, 0.2) is 0 Å². The lowest BCUT2D eigenvalue weighted by molar-refractivity contribution is -0.176. The maximum Gasteiger partial charge on any atom is 0.411 e. The molecule has 0 amide bonds. The third-order valence-corrected chi connectivity index (χ3v) is 2.02. The molecule has 0 aromatic carbocycles. The van der Waals surface area contributed by atoms with Gasteiger partial charge in [0.25, 0.3) is 0 Å². The van der Waals surface area contributed by atoms with Crippen molar-refractivity contribution in [2.45, 2.75) is 19.0 Å². The fourth-order valence-electron chi connectivity index (χ4n) is 1.41. The summed E-state index contributed by atoms with van der Waals surface area (Å²) in [6, 6.07) is 0. The van der Waals surface area contributed by atoms with Crippen LogP contribution >= 0.6 is 0 Å². The molecule has 0 aromatic rings. The van der Waals surface area contributed by atoms with E-state index in [-0.39, 0.29) is 12.5 Å². The third kappa shape index (κ3) is 5.10. The number of hydrogen-bond donors (Lipinski definition) is 1. The Balaban J connectivity index is 2.04. The van der Waals surface area contributed by atoms with Gasteiger partial charge in [-0.25, -0.2) is 0 Å². The van der Waals surface area contributed by atoms with Crippen molar-refractivity contribution in [2.75, 3.05) is 26.3 Å². The number of halogens is 3. The molecule has 0 spiro atoms. The standard InChI is InChI=1S/C8H14F3NO/c9-8(10,11)6-13-5-7-2-1-3-12-4-7/h7,12H,1-6H2. The minimum absolute atomic E-state index is 0.215. The molecule has 1 rings (SSSR count). The lowest BCUT2D eigenvalue weighted by Crippen LogP contribution is -2.33. The molecule has 1 unspecified atom stereocenters. The van der Waals surface area contributed by atoms with Gasteiger partial charge in [-0.15, -0.1) is 0 Å². The molecule has 78 valence electrons. The molecule has 1 atom stereocenters. The van der Waals surface area contributed by atoms with E-state index in [1.54, 1.807) is 0 Å². The van der Waals surface area contributed by atoms with Crippen LogP contribution in [0.4, 0.5) is 13.2 Å². The second kappa shape index (κ2) is 4.81. The fourth-order valence-corrected chi connectivity index (χ4v) is 1.41. The summed E-state index contributed by atoms with van der Waals surface area (Å²) in [6.07, 6.45) is -2.20. The zero-order valence-corrected chi connectivity index (χ0v) is 7.36. The Labute approximate surface area is 75.4 Å². The first kappa shape index (κ1) is 10.8. The highest BCUT2D eigenvalue weighted by atomic mass is 19.4. The molecule has 1 fully saturated rings. The molecule has 1 aliphatic heterocycles. The van der Waals surface area contributed by atoms with Gasteiger partial charge in [-0.3, -0.25) is 0 Å². The fraction of sp³-hybridized carbons (Fsp3) is 1.00. The Kier molecular flexibility index (Phi) is 3.99. The van der Waals surface area contributed by atoms with Crippen molar-refractivity contribution >= 4 is 0 Å². The lowest BCUT2D eigenvalue weighted by atomic mass is 10.0. The molecule has 0 radical (unpaired) electrons. The van der Waals surface area contributed by atoms with Gasteiger partial charge in [0.15, 0.2) is 0 Å². The highest BCUT2D eigenvalue weighted by molar-refractivity contribution is 4.68. The van der Waals surface area contributed by atoms with E-state index < -0.39 is 12.8 Å². The molecule has 0 bridgehead atoms. The number of alkyl halides is 3. The van der Waals surface area contributed by atoms with E-state index in [1.165, 1.54) is 0 Å². The highest BCUT2D eigenvalue weighted by Gasteiger charge is 2.28. The van der Waals surface area contributed by atoms with Crippen LogP contribution in [0, 0.1) is 5.92 Å². The second-order valence-electron chi connectivity index (χ2n) is 3.34. The van der Waals surface area contributed by atoms with Crippen LogP contribution in [0.25, 0.3) is 0 Å². The molecular weight excluding hydrogens is 183 g/mol. The summed E-state index contributed by atoms with van der Waals surface area (Å²) in [4.78, 5) is 0. The average molecular weight is 197 g/mol. The summed E-state index contributed by atoms with van der Waals surface area (Å²) in [5, 5.41) is 3.12. The Morgan fingerprint density at radius 2 is 2.15 bits per heavy atom. The van der Waals surface area contributed by atoms with Crippen molar-refractivity contribution in [3.8, 4) is 0 Å². The van der Waals surface area contributed by atoms with Crippen LogP contribution < -0.4 is 5.32 Å². The Morgan fingerprint density at radius 3 is 2.69 bits per heavy atom. The minimum Gasteiger partial charge on any atom is -0.372 e. The number of piperidine rings is 1. The Hall–Kier alpha value is -0.290. The van der Waals surface area contributed by atoms with Crippen molar-refractivity contribution in [3.05, 3.63) is 0 Å². The zero-order valence-electron chi connectivity index (χ0n) is 7.36. The van der Waals surface area contributed by atoms with E-state index in [0.29, 0.717) is 0 Å². The quantitative estimate of drug-likeness (QED) is 0.741. The SMILES string of the molecule is FC(F)(F)COCC1CCCNC1. The topological polar surface area (TPSA) is 21.3 Å². The molecule has 0 aromatic heterocycles. The summed E-state index contributed by atoms with van der Waals surface area (Å²) >= 11 is 0. The van der Waals surface area contributed by atoms with Gasteiger partial charge < -0.3 is 10.1 Å². The van der Waals surface area contributed by atoms with E-state index >= 15 is 0 Å². The van der Waals surface area contributed by atoms with Crippen molar-refractivity contribution in [1.82, 2.24) is 5.32 Å². The van der Waals surface area contributed by atoms with Gasteiger partial charge in [0.2, 0.25) is 0 Å². The predicted molar refractivity (Wildman–Crippen MR) is 42.5 cm³/mol. The van der Waals surface area contributed by atoms with Crippen LogP contribution in [-0.2, 0) is 4.74 Å². The molecular formula is C8H14F3NO. The Morgan fingerprint density at radius 1 is 1.38 bits per heavy atom. The lowest BCUT2D eigenvalue weighted by Gasteiger charge is -2.22. The van der Waals surface area contributed by atoms with Crippen molar-refractivity contribution < 1.29 is 17.9 Å². The molecule has 1 heterocycles. The Bertz CT molecular complexity index is 143. The first-order chi connectivity index (χ1) is 6.08. The van der Waals surface area contributed by atoms with Gasteiger partial charge in [0, 0.05) is 6.54 Å². The maximum atomic E-state index is 11.7. The van der Waals surface area contributed by atoms with Gasteiger partial charge >= 0.3 is 6.18 Å². The molecule has 5 heteroatoms. The maximum absolute atomic E-state index is 11.7. The van der Waals surface area contributed by atoms with Crippen LogP contribution in [-0.4, -0.2) is 32.5 Å². The zero-order chi connectivity index (χ0) is 9.73. The molecule has 13 heavy (non-hydrogen) atoms. The van der Waals surface area contributed by atoms with Crippen molar-refractivity contribution in [2.24, 2.45) is 5.92 Å². The summed E-state index contributed by atoms with van der Waals surface area (Å²) < 4.78 is 39.6. The van der Waals surface area contributed by atoms with Crippen LogP contribution in [0.5, 0.6) is 0 Å². The molecule has 0 aliphatic carbocycles. The molecule has 1 saturated heterocycles. The van der Waals surface area contributed by atoms with Crippen LogP contribution in [0.1, 0.15) is 12.8 Å². The number of hydrogen-bond acceptors (Lipinski definition) is 2. The number of nitrogens with one attached hydrogen (secondary N) is 1. The van der Waals surface area contributed by atoms with E-state index in [0.717, 1.165) is 25.9 Å². The van der Waals surface area contributed by atoms with Crippen LogP contribution in [0.2, 0.25) is 0 Å². The molecule has 1 aliphatic rings. The van der Waals surface area contributed by atoms with E-state index in [9.17, 15) is 13.2 Å². The van der Waals surface area contributed by atoms with Gasteiger partial charge in [-0.1, -0.05) is 0 Å². The summed E-state index contributed by atoms with van der Waals surface area (Å²) in [5.41, 5.74) is 0. The van der Waals surface area contributed by atoms with Gasteiger partial charge in [0.05, 0.1) is 6.61 Å². The second-order valence-corrected chi connectivity index (χ2v) is 3.34. The largest absolute Gasteiger partial charge is 0.411 e. The summed E-state index contributed by atoms with van der Waals surface area (Å²) in [6.45, 7) is 0.837. The number of ether oxygens (including phenoxy) is 1. The summed E-state index contributed by atoms with van der Waals surface area (Å²) in [5.74, 6) is 0.246. The van der Waals surface area contributed by atoms with Crippen molar-refractivity contribution in [1.29, 1.82) is 0 Å². The highest BCUT2D eigenvalue weighted by Crippen LogP contribution is 2.16.